The quantitative estimate of drug-likeness (QED) is 0.620. The monoisotopic (exact) mass is 356 g/mol. The molecule has 1 atom stereocenters. The van der Waals surface area contributed by atoms with Crippen molar-refractivity contribution in [2.75, 3.05) is 0 Å². The Morgan fingerprint density at radius 1 is 1.04 bits per heavy atom. The van der Waals surface area contributed by atoms with Crippen molar-refractivity contribution < 1.29 is 9.53 Å². The maximum Gasteiger partial charge on any atom is 0.307 e. The van der Waals surface area contributed by atoms with Crippen LogP contribution in [0.3, 0.4) is 0 Å². The number of carbonyl (C=O) groups excluding carboxylic acids is 1. The Kier molecular flexibility index (Phi) is 4.79. The first-order valence-corrected chi connectivity index (χ1v) is 9.01. The molecule has 1 aliphatic rings. The van der Waals surface area contributed by atoms with Gasteiger partial charge in [-0.1, -0.05) is 48.5 Å². The fourth-order valence-electron chi connectivity index (χ4n) is 3.32. The summed E-state index contributed by atoms with van der Waals surface area (Å²) in [5, 5.41) is 0. The summed E-state index contributed by atoms with van der Waals surface area (Å²) in [6.45, 7) is 2.31. The molecule has 0 radical (unpaired) electrons. The minimum absolute atomic E-state index is 0.140. The third-order valence-electron chi connectivity index (χ3n) is 4.67. The molecule has 0 saturated carbocycles. The Balaban J connectivity index is 1.55. The average molecular weight is 356 g/mol. The average Bonchev–Trinajstić information content (AvgIpc) is 3.06. The lowest BCUT2D eigenvalue weighted by molar-refractivity contribution is -0.145. The van der Waals surface area contributed by atoms with Crippen LogP contribution in [-0.4, -0.2) is 16.7 Å². The molecule has 0 spiro atoms. The van der Waals surface area contributed by atoms with Crippen LogP contribution in [0.1, 0.15) is 34.7 Å². The lowest BCUT2D eigenvalue weighted by Crippen LogP contribution is -2.17. The van der Waals surface area contributed by atoms with Crippen LogP contribution < -0.4 is 0 Å². The molecule has 0 amide bonds. The first kappa shape index (κ1) is 17.2. The second kappa shape index (κ2) is 7.54. The maximum atomic E-state index is 12.5. The van der Waals surface area contributed by atoms with E-state index in [0.717, 1.165) is 33.8 Å². The summed E-state index contributed by atoms with van der Waals surface area (Å²) >= 11 is 0. The van der Waals surface area contributed by atoms with E-state index in [1.165, 1.54) is 0 Å². The Bertz CT molecular complexity index is 996. The number of aromatic nitrogens is 1. The number of fused-ring (bicyclic) bond motifs is 1. The zero-order valence-electron chi connectivity index (χ0n) is 15.1. The molecule has 0 N–H and O–H groups in total. The van der Waals surface area contributed by atoms with Crippen molar-refractivity contribution in [3.05, 3.63) is 95.3 Å². The van der Waals surface area contributed by atoms with Crippen LogP contribution in [0.4, 0.5) is 5.69 Å². The molecule has 1 unspecified atom stereocenters. The van der Waals surface area contributed by atoms with Crippen LogP contribution in [0.2, 0.25) is 0 Å². The Morgan fingerprint density at radius 2 is 1.81 bits per heavy atom. The lowest BCUT2D eigenvalue weighted by atomic mass is 9.90. The molecule has 4 nitrogen and oxygen atoms in total. The topological polar surface area (TPSA) is 51.5 Å². The van der Waals surface area contributed by atoms with Gasteiger partial charge in [0.05, 0.1) is 23.5 Å². The van der Waals surface area contributed by atoms with Gasteiger partial charge in [-0.3, -0.25) is 14.8 Å². The summed E-state index contributed by atoms with van der Waals surface area (Å²) < 4.78 is 5.50. The third kappa shape index (κ3) is 3.80. The number of esters is 1. The van der Waals surface area contributed by atoms with Crippen molar-refractivity contribution in [1.29, 1.82) is 0 Å². The number of pyridine rings is 1. The van der Waals surface area contributed by atoms with Crippen LogP contribution in [0.5, 0.6) is 0 Å². The fraction of sp³-hybridized carbons (Fsp3) is 0.174. The number of rotatable bonds is 5. The second-order valence-corrected chi connectivity index (χ2v) is 6.68. The first-order chi connectivity index (χ1) is 13.2. The van der Waals surface area contributed by atoms with E-state index in [4.69, 9.17) is 9.73 Å². The number of hydrogen-bond acceptors (Lipinski definition) is 4. The molecule has 0 saturated heterocycles. The van der Waals surface area contributed by atoms with Crippen LogP contribution in [0.25, 0.3) is 0 Å². The summed E-state index contributed by atoms with van der Waals surface area (Å²) in [6.07, 6.45) is 2.03. The molecule has 4 heteroatoms. The number of aliphatic imine (C=N–C) groups is 1. The van der Waals surface area contributed by atoms with Crippen LogP contribution >= 0.6 is 0 Å². The molecule has 1 aliphatic heterocycles. The van der Waals surface area contributed by atoms with Crippen molar-refractivity contribution >= 4 is 17.4 Å². The largest absolute Gasteiger partial charge is 0.461 e. The van der Waals surface area contributed by atoms with Crippen molar-refractivity contribution in [2.45, 2.75) is 25.9 Å². The highest BCUT2D eigenvalue weighted by atomic mass is 16.5. The van der Waals surface area contributed by atoms with E-state index in [0.29, 0.717) is 0 Å². The van der Waals surface area contributed by atoms with Gasteiger partial charge >= 0.3 is 5.97 Å². The second-order valence-electron chi connectivity index (χ2n) is 6.68. The summed E-state index contributed by atoms with van der Waals surface area (Å²) in [6, 6.07) is 21.6. The number of aryl methyl sites for hydroxylation is 1. The summed E-state index contributed by atoms with van der Waals surface area (Å²) in [5.74, 6) is -0.375. The summed E-state index contributed by atoms with van der Waals surface area (Å²) in [5.41, 5.74) is 5.68. The van der Waals surface area contributed by atoms with Gasteiger partial charge in [-0.2, -0.15) is 0 Å². The molecule has 0 bridgehead atoms. The summed E-state index contributed by atoms with van der Waals surface area (Å²) in [7, 11) is 0. The van der Waals surface area contributed by atoms with Crippen LogP contribution in [0.15, 0.2) is 77.9 Å². The van der Waals surface area contributed by atoms with Gasteiger partial charge in [-0.05, 0) is 41.8 Å². The van der Waals surface area contributed by atoms with E-state index < -0.39 is 0 Å². The number of ether oxygens (including phenoxy) is 1. The molecule has 1 aromatic heterocycles. The fourth-order valence-corrected chi connectivity index (χ4v) is 3.32. The predicted molar refractivity (Wildman–Crippen MR) is 105 cm³/mol. The van der Waals surface area contributed by atoms with E-state index >= 15 is 0 Å². The SMILES string of the molecule is Cc1ccnc(C2=Nc3ccccc3C2CC(=O)OCc2ccccc2)c1. The molecule has 3 aromatic rings. The van der Waals surface area contributed by atoms with Crippen molar-refractivity contribution in [2.24, 2.45) is 4.99 Å². The van der Waals surface area contributed by atoms with E-state index in [1.807, 2.05) is 73.7 Å². The molecule has 2 heterocycles. The van der Waals surface area contributed by atoms with Gasteiger partial charge in [-0.15, -0.1) is 0 Å². The minimum atomic E-state index is -0.235. The zero-order valence-corrected chi connectivity index (χ0v) is 15.1. The number of benzene rings is 2. The standard InChI is InChI=1S/C23H20N2O2/c1-16-11-12-24-21(13-16)23-19(18-9-5-6-10-20(18)25-23)14-22(26)27-15-17-7-3-2-4-8-17/h2-13,19H,14-15H2,1H3. The third-order valence-corrected chi connectivity index (χ3v) is 4.67. The smallest absolute Gasteiger partial charge is 0.307 e. The van der Waals surface area contributed by atoms with E-state index in [2.05, 4.69) is 4.98 Å². The van der Waals surface area contributed by atoms with Gasteiger partial charge in [0.25, 0.3) is 0 Å². The predicted octanol–water partition coefficient (Wildman–Crippen LogP) is 4.74. The van der Waals surface area contributed by atoms with Gasteiger partial charge < -0.3 is 4.74 Å². The molecule has 2 aromatic carbocycles. The molecule has 0 fully saturated rings. The van der Waals surface area contributed by atoms with Gasteiger partial charge in [0.15, 0.2) is 0 Å². The molecule has 27 heavy (non-hydrogen) atoms. The molecular weight excluding hydrogens is 336 g/mol. The number of carbonyl (C=O) groups is 1. The highest BCUT2D eigenvalue weighted by molar-refractivity contribution is 6.10. The highest BCUT2D eigenvalue weighted by Crippen LogP contribution is 2.39. The van der Waals surface area contributed by atoms with Gasteiger partial charge in [0.2, 0.25) is 0 Å². The first-order valence-electron chi connectivity index (χ1n) is 9.01. The minimum Gasteiger partial charge on any atom is -0.461 e. The number of para-hydroxylation sites is 1. The van der Waals surface area contributed by atoms with Crippen LogP contribution in [0, 0.1) is 6.92 Å². The van der Waals surface area contributed by atoms with Crippen molar-refractivity contribution in [1.82, 2.24) is 4.98 Å². The summed E-state index contributed by atoms with van der Waals surface area (Å²) in [4.78, 5) is 21.8. The Labute approximate surface area is 158 Å². The van der Waals surface area contributed by atoms with Gasteiger partial charge in [0.1, 0.15) is 6.61 Å². The number of hydrogen-bond donors (Lipinski definition) is 0. The van der Waals surface area contributed by atoms with Gasteiger partial charge in [0, 0.05) is 12.1 Å². The van der Waals surface area contributed by atoms with E-state index in [1.54, 1.807) is 6.20 Å². The molecular formula is C23H20N2O2. The zero-order chi connectivity index (χ0) is 18.6. The van der Waals surface area contributed by atoms with Crippen LogP contribution in [-0.2, 0) is 16.1 Å². The van der Waals surface area contributed by atoms with Crippen molar-refractivity contribution in [3.63, 3.8) is 0 Å². The van der Waals surface area contributed by atoms with E-state index in [-0.39, 0.29) is 24.9 Å². The lowest BCUT2D eigenvalue weighted by Gasteiger charge is -2.14. The molecule has 134 valence electrons. The van der Waals surface area contributed by atoms with E-state index in [9.17, 15) is 4.79 Å². The number of nitrogens with zero attached hydrogens (tertiary/aromatic N) is 2. The molecule has 0 aliphatic carbocycles. The van der Waals surface area contributed by atoms with Crippen molar-refractivity contribution in [3.8, 4) is 0 Å². The van der Waals surface area contributed by atoms with Gasteiger partial charge in [-0.25, -0.2) is 0 Å². The molecule has 4 rings (SSSR count). The maximum absolute atomic E-state index is 12.5. The highest BCUT2D eigenvalue weighted by Gasteiger charge is 2.31. The Morgan fingerprint density at radius 3 is 2.63 bits per heavy atom. The Hall–Kier alpha value is -3.27. The normalized spacial score (nSPS) is 15.1.